The van der Waals surface area contributed by atoms with E-state index in [1.165, 1.54) is 4.90 Å². The number of aliphatic hydroxyl groups excluding tert-OH is 1. The lowest BCUT2D eigenvalue weighted by Crippen LogP contribution is -2.43. The molecule has 1 aromatic carbocycles. The highest BCUT2D eigenvalue weighted by molar-refractivity contribution is 7.99. The second-order valence-corrected chi connectivity index (χ2v) is 5.71. The average Bonchev–Trinajstić information content (AvgIpc) is 2.43. The third-order valence-corrected chi connectivity index (χ3v) is 4.29. The summed E-state index contributed by atoms with van der Waals surface area (Å²) in [7, 11) is 3.59. The maximum Gasteiger partial charge on any atom is 0.132 e. The van der Waals surface area contributed by atoms with Crippen molar-refractivity contribution in [3.63, 3.8) is 0 Å². The smallest absolute Gasteiger partial charge is 0.132 e. The third-order valence-electron chi connectivity index (χ3n) is 3.15. The van der Waals surface area contributed by atoms with Crippen LogP contribution in [0.25, 0.3) is 0 Å². The van der Waals surface area contributed by atoms with Gasteiger partial charge in [0.25, 0.3) is 0 Å². The van der Waals surface area contributed by atoms with Crippen molar-refractivity contribution >= 4 is 11.8 Å². The van der Waals surface area contributed by atoms with Crippen molar-refractivity contribution < 1.29 is 9.84 Å². The summed E-state index contributed by atoms with van der Waals surface area (Å²) < 4.78 is 5.31. The first-order chi connectivity index (χ1) is 8.65. The number of para-hydroxylation sites is 1. The van der Waals surface area contributed by atoms with Crippen molar-refractivity contribution in [3.05, 3.63) is 24.3 Å². The Morgan fingerprint density at radius 1 is 1.39 bits per heavy atom. The highest BCUT2D eigenvalue weighted by Crippen LogP contribution is 2.29. The molecule has 2 N–H and O–H groups in total. The first kappa shape index (κ1) is 15.3. The number of hydrogen-bond acceptors (Lipinski definition) is 4. The highest BCUT2D eigenvalue weighted by atomic mass is 32.2. The summed E-state index contributed by atoms with van der Waals surface area (Å²) in [5, 5.41) is 12.5. The summed E-state index contributed by atoms with van der Waals surface area (Å²) >= 11 is 1.80. The average molecular weight is 269 g/mol. The zero-order valence-corrected chi connectivity index (χ0v) is 12.2. The summed E-state index contributed by atoms with van der Waals surface area (Å²) in [5.41, 5.74) is -0.165. The molecule has 1 atom stereocenters. The van der Waals surface area contributed by atoms with Gasteiger partial charge in [-0.2, -0.15) is 0 Å². The maximum absolute atomic E-state index is 9.29. The Bertz CT molecular complexity index is 353. The van der Waals surface area contributed by atoms with Crippen LogP contribution in [-0.4, -0.2) is 37.2 Å². The minimum Gasteiger partial charge on any atom is -0.496 e. The Morgan fingerprint density at radius 2 is 2.11 bits per heavy atom. The number of methoxy groups -OCH3 is 1. The van der Waals surface area contributed by atoms with E-state index in [0.717, 1.165) is 24.3 Å². The topological polar surface area (TPSA) is 41.5 Å². The molecule has 4 heteroatoms. The van der Waals surface area contributed by atoms with Crippen LogP contribution >= 0.6 is 11.8 Å². The quantitative estimate of drug-likeness (QED) is 0.562. The number of rotatable bonds is 8. The maximum atomic E-state index is 9.29. The van der Waals surface area contributed by atoms with E-state index < -0.39 is 0 Å². The van der Waals surface area contributed by atoms with E-state index in [4.69, 9.17) is 4.74 Å². The molecule has 0 spiro atoms. The van der Waals surface area contributed by atoms with Gasteiger partial charge in [-0.05, 0) is 44.7 Å². The van der Waals surface area contributed by atoms with Crippen molar-refractivity contribution in [2.24, 2.45) is 0 Å². The van der Waals surface area contributed by atoms with E-state index in [9.17, 15) is 5.11 Å². The molecular formula is C14H23NO2S. The lowest BCUT2D eigenvalue weighted by atomic mass is 9.98. The van der Waals surface area contributed by atoms with E-state index >= 15 is 0 Å². The molecule has 0 saturated carbocycles. The Hall–Kier alpha value is -0.710. The fourth-order valence-corrected chi connectivity index (χ4v) is 2.64. The molecular weight excluding hydrogens is 246 g/mol. The fourth-order valence-electron chi connectivity index (χ4n) is 1.67. The van der Waals surface area contributed by atoms with Gasteiger partial charge in [-0.25, -0.2) is 0 Å². The van der Waals surface area contributed by atoms with Crippen LogP contribution in [0, 0.1) is 0 Å². The Morgan fingerprint density at radius 3 is 2.72 bits per heavy atom. The highest BCUT2D eigenvalue weighted by Gasteiger charge is 2.19. The first-order valence-electron chi connectivity index (χ1n) is 6.21. The molecule has 0 aliphatic carbocycles. The van der Waals surface area contributed by atoms with Crippen LogP contribution in [0.1, 0.15) is 19.8 Å². The third kappa shape index (κ3) is 4.52. The molecule has 102 valence electrons. The summed E-state index contributed by atoms with van der Waals surface area (Å²) in [6.45, 7) is 2.21. The molecule has 1 rings (SSSR count). The lowest BCUT2D eigenvalue weighted by Gasteiger charge is -2.26. The van der Waals surface area contributed by atoms with E-state index in [1.54, 1.807) is 18.9 Å². The van der Waals surface area contributed by atoms with E-state index in [0.29, 0.717) is 0 Å². The van der Waals surface area contributed by atoms with Crippen LogP contribution in [0.3, 0.4) is 0 Å². The summed E-state index contributed by atoms with van der Waals surface area (Å²) in [4.78, 5) is 1.18. The second-order valence-electron chi connectivity index (χ2n) is 4.57. The minimum atomic E-state index is -0.165. The first-order valence-corrected chi connectivity index (χ1v) is 7.19. The van der Waals surface area contributed by atoms with Gasteiger partial charge in [0.05, 0.1) is 13.7 Å². The lowest BCUT2D eigenvalue weighted by molar-refractivity contribution is 0.173. The van der Waals surface area contributed by atoms with E-state index in [1.807, 2.05) is 32.2 Å². The second kappa shape index (κ2) is 7.67. The number of aliphatic hydroxyl groups is 1. The SMILES string of the molecule is CNC(C)(CO)CCCSc1ccccc1OC. The summed E-state index contributed by atoms with van der Waals surface area (Å²) in [6, 6.07) is 8.06. The van der Waals surface area contributed by atoms with Crippen LogP contribution < -0.4 is 10.1 Å². The largest absolute Gasteiger partial charge is 0.496 e. The van der Waals surface area contributed by atoms with Gasteiger partial charge in [0.2, 0.25) is 0 Å². The number of nitrogens with one attached hydrogen (secondary N) is 1. The Balaban J connectivity index is 2.38. The van der Waals surface area contributed by atoms with E-state index in [-0.39, 0.29) is 12.1 Å². The number of hydrogen-bond donors (Lipinski definition) is 2. The van der Waals surface area contributed by atoms with Gasteiger partial charge in [0, 0.05) is 10.4 Å². The van der Waals surface area contributed by atoms with Gasteiger partial charge in [-0.1, -0.05) is 12.1 Å². The van der Waals surface area contributed by atoms with Crippen LogP contribution in [0.5, 0.6) is 5.75 Å². The Labute approximate surface area is 114 Å². The van der Waals surface area contributed by atoms with Gasteiger partial charge in [0.1, 0.15) is 5.75 Å². The predicted octanol–water partition coefficient (Wildman–Crippen LogP) is 2.54. The molecule has 0 heterocycles. The van der Waals surface area contributed by atoms with Crippen molar-refractivity contribution in [1.82, 2.24) is 5.32 Å². The number of ether oxygens (including phenoxy) is 1. The van der Waals surface area contributed by atoms with Crippen molar-refractivity contribution in [2.45, 2.75) is 30.2 Å². The molecule has 3 nitrogen and oxygen atoms in total. The van der Waals surface area contributed by atoms with E-state index in [2.05, 4.69) is 11.4 Å². The molecule has 0 saturated heterocycles. The Kier molecular flexibility index (Phi) is 6.54. The van der Waals surface area contributed by atoms with Gasteiger partial charge < -0.3 is 15.2 Å². The monoisotopic (exact) mass is 269 g/mol. The van der Waals surface area contributed by atoms with Gasteiger partial charge >= 0.3 is 0 Å². The summed E-state index contributed by atoms with van der Waals surface area (Å²) in [6.07, 6.45) is 2.02. The van der Waals surface area contributed by atoms with Crippen molar-refractivity contribution in [1.29, 1.82) is 0 Å². The normalized spacial score (nSPS) is 14.2. The summed E-state index contributed by atoms with van der Waals surface area (Å²) in [5.74, 6) is 1.96. The molecule has 0 aliphatic rings. The zero-order valence-electron chi connectivity index (χ0n) is 11.4. The number of thioether (sulfide) groups is 1. The molecule has 0 aromatic heterocycles. The van der Waals surface area contributed by atoms with Gasteiger partial charge in [-0.15, -0.1) is 11.8 Å². The van der Waals surface area contributed by atoms with Gasteiger partial charge in [0.15, 0.2) is 0 Å². The molecule has 0 fully saturated rings. The van der Waals surface area contributed by atoms with Crippen LogP contribution in [0.4, 0.5) is 0 Å². The number of likely N-dealkylation sites (N-methyl/N-ethyl adjacent to an activating group) is 1. The molecule has 1 unspecified atom stereocenters. The standard InChI is InChI=1S/C14H23NO2S/c1-14(11-16,15-2)9-6-10-18-13-8-5-4-7-12(13)17-3/h4-5,7-8,15-16H,6,9-11H2,1-3H3. The van der Waals surface area contributed by atoms with Gasteiger partial charge in [-0.3, -0.25) is 0 Å². The molecule has 1 aromatic rings. The van der Waals surface area contributed by atoms with Crippen LogP contribution in [0.15, 0.2) is 29.2 Å². The van der Waals surface area contributed by atoms with Crippen LogP contribution in [0.2, 0.25) is 0 Å². The minimum absolute atomic E-state index is 0.165. The fraction of sp³-hybridized carbons (Fsp3) is 0.571. The predicted molar refractivity (Wildman–Crippen MR) is 77.5 cm³/mol. The number of benzene rings is 1. The molecule has 0 radical (unpaired) electrons. The molecule has 0 amide bonds. The van der Waals surface area contributed by atoms with Crippen molar-refractivity contribution in [2.75, 3.05) is 26.5 Å². The molecule has 0 aliphatic heterocycles. The van der Waals surface area contributed by atoms with Crippen LogP contribution in [-0.2, 0) is 0 Å². The molecule has 0 bridgehead atoms. The molecule has 18 heavy (non-hydrogen) atoms. The van der Waals surface area contributed by atoms with Crippen molar-refractivity contribution in [3.8, 4) is 5.75 Å². The zero-order chi connectivity index (χ0) is 13.4.